The van der Waals surface area contributed by atoms with Gasteiger partial charge in [0.15, 0.2) is 0 Å². The largest absolute Gasteiger partial charge is 0.358 e. The van der Waals surface area contributed by atoms with Gasteiger partial charge in [-0.3, -0.25) is 12.2 Å². The van der Waals surface area contributed by atoms with E-state index < -0.39 is 6.18 Å². The molecule has 2 rings (SSSR count). The van der Waals surface area contributed by atoms with E-state index in [1.54, 1.807) is 0 Å². The smallest absolute Gasteiger partial charge is 0.358 e. The number of rotatable bonds is 0. The number of allylic oxidation sites excluding steroid dienone is 8. The molecule has 0 aromatic rings. The molecule has 0 saturated carbocycles. The van der Waals surface area contributed by atoms with E-state index in [-0.39, 0.29) is 35.9 Å². The fraction of sp³-hybridized carbons (Fsp3) is 0.524. The van der Waals surface area contributed by atoms with Gasteiger partial charge in [-0.15, -0.1) is 38.7 Å². The summed E-state index contributed by atoms with van der Waals surface area (Å²) in [6.45, 7) is 17.3. The zero-order valence-electron chi connectivity index (χ0n) is 17.7. The van der Waals surface area contributed by atoms with Crippen LogP contribution >= 0.6 is 24.8 Å². The van der Waals surface area contributed by atoms with Gasteiger partial charge in [0.2, 0.25) is 0 Å². The molecule has 0 spiro atoms. The molecule has 2 unspecified atom stereocenters. The van der Waals surface area contributed by atoms with Crippen LogP contribution in [0, 0.1) is 31.4 Å². The second-order valence-corrected chi connectivity index (χ2v) is 6.99. The first-order valence-electron chi connectivity index (χ1n) is 7.95. The quantitative estimate of drug-likeness (QED) is 0.298. The van der Waals surface area contributed by atoms with Gasteiger partial charge in [-0.25, -0.2) is 11.1 Å². The minimum absolute atomic E-state index is 0. The zero-order valence-corrected chi connectivity index (χ0v) is 21.8. The van der Waals surface area contributed by atoms with Crippen LogP contribution in [0.15, 0.2) is 33.4 Å². The molecule has 0 fully saturated rings. The normalized spacial score (nSPS) is 20.5. The molecule has 0 aromatic heterocycles. The minimum atomic E-state index is -4.04. The van der Waals surface area contributed by atoms with E-state index in [2.05, 4.69) is 67.5 Å². The van der Waals surface area contributed by atoms with Crippen LogP contribution in [0.5, 0.6) is 0 Å². The molecule has 6 heteroatoms. The second-order valence-electron chi connectivity index (χ2n) is 6.28. The van der Waals surface area contributed by atoms with Crippen molar-refractivity contribution in [1.29, 1.82) is 0 Å². The molecule has 27 heavy (non-hydrogen) atoms. The molecular weight excluding hydrogens is 471 g/mol. The van der Waals surface area contributed by atoms with Gasteiger partial charge in [0, 0.05) is 0 Å². The van der Waals surface area contributed by atoms with Crippen LogP contribution in [0.1, 0.15) is 55.4 Å². The molecule has 0 saturated heterocycles. The van der Waals surface area contributed by atoms with E-state index in [0.717, 1.165) is 0 Å². The summed E-state index contributed by atoms with van der Waals surface area (Å²) in [4.78, 5) is 0. The SMILES string of the molecule is CC1=[C-]C(C)C(C)=C1C.CC1=[C-]C(C)C(C)=C1C.Cl.Cl.FC(F)(F)[CH]=[Zr].[CH3-]. The van der Waals surface area contributed by atoms with E-state index in [4.69, 9.17) is 0 Å². The van der Waals surface area contributed by atoms with Crippen molar-refractivity contribution in [3.63, 3.8) is 0 Å². The molecule has 0 bridgehead atoms. The van der Waals surface area contributed by atoms with Gasteiger partial charge in [-0.05, 0) is 0 Å². The topological polar surface area (TPSA) is 0 Å². The summed E-state index contributed by atoms with van der Waals surface area (Å²) in [7, 11) is 0. The van der Waals surface area contributed by atoms with Crippen LogP contribution in [0.4, 0.5) is 13.2 Å². The third kappa shape index (κ3) is 12.3. The Kier molecular flexibility index (Phi) is 19.2. The maximum Gasteiger partial charge on any atom is -0.358 e. The third-order valence-corrected chi connectivity index (χ3v) is 5.44. The zero-order chi connectivity index (χ0) is 19.2. The van der Waals surface area contributed by atoms with Crippen LogP contribution in [0.25, 0.3) is 0 Å². The van der Waals surface area contributed by atoms with Crippen LogP contribution < -0.4 is 0 Å². The summed E-state index contributed by atoms with van der Waals surface area (Å²) in [6.07, 6.45) is 2.67. The summed E-state index contributed by atoms with van der Waals surface area (Å²) in [5.41, 5.74) is 8.49. The van der Waals surface area contributed by atoms with E-state index in [1.807, 2.05) is 0 Å². The van der Waals surface area contributed by atoms with Gasteiger partial charge in [0.05, 0.1) is 0 Å². The first-order chi connectivity index (χ1) is 10.8. The van der Waals surface area contributed by atoms with E-state index >= 15 is 0 Å². The van der Waals surface area contributed by atoms with Crippen LogP contribution in [-0.2, 0) is 24.2 Å². The molecule has 158 valence electrons. The molecule has 0 aromatic carbocycles. The van der Waals surface area contributed by atoms with E-state index in [1.165, 1.54) is 33.4 Å². The summed E-state index contributed by atoms with van der Waals surface area (Å²) < 4.78 is 32.5. The van der Waals surface area contributed by atoms with Crippen molar-refractivity contribution >= 4 is 28.5 Å². The average Bonchev–Trinajstić information content (AvgIpc) is 2.84. The summed E-state index contributed by atoms with van der Waals surface area (Å²) in [5.74, 6) is 1.12. The van der Waals surface area contributed by atoms with Crippen molar-refractivity contribution < 1.29 is 37.4 Å². The molecule has 0 radical (unpaired) electrons. The molecule has 0 N–H and O–H groups in total. The summed E-state index contributed by atoms with van der Waals surface area (Å²) in [6, 6.07) is 0. The number of alkyl halides is 3. The maximum atomic E-state index is 10.8. The van der Waals surface area contributed by atoms with Crippen molar-refractivity contribution in [2.75, 3.05) is 0 Å². The molecule has 0 aliphatic heterocycles. The van der Waals surface area contributed by atoms with E-state index in [0.29, 0.717) is 36.1 Å². The molecule has 0 heterocycles. The van der Waals surface area contributed by atoms with Gasteiger partial charge in [0.1, 0.15) is 0 Å². The second kappa shape index (κ2) is 15.0. The molecule has 2 aliphatic rings. The first kappa shape index (κ1) is 34.6. The Morgan fingerprint density at radius 3 is 1.04 bits per heavy atom. The van der Waals surface area contributed by atoms with Crippen LogP contribution in [0.2, 0.25) is 0 Å². The van der Waals surface area contributed by atoms with Gasteiger partial charge in [-0.2, -0.15) is 22.3 Å². The van der Waals surface area contributed by atoms with Crippen LogP contribution in [0.3, 0.4) is 0 Å². The summed E-state index contributed by atoms with van der Waals surface area (Å²) in [5, 5.41) is 0. The molecule has 0 amide bonds. The monoisotopic (exact) mass is 501 g/mol. The number of halogens is 5. The first-order valence-corrected chi connectivity index (χ1v) is 9.37. The fourth-order valence-electron chi connectivity index (χ4n) is 2.32. The number of hydrogen-bond acceptors (Lipinski definition) is 0. The molecular formula is C21H32Cl2F3Zr-3. The summed E-state index contributed by atoms with van der Waals surface area (Å²) >= 11 is 0.401. The molecule has 0 nitrogen and oxygen atoms in total. The van der Waals surface area contributed by atoms with Gasteiger partial charge >= 0.3 is 47.3 Å². The minimum Gasteiger partial charge on any atom is -0.358 e. The Morgan fingerprint density at radius 2 is 1.00 bits per heavy atom. The average molecular weight is 504 g/mol. The van der Waals surface area contributed by atoms with Crippen molar-refractivity contribution in [1.82, 2.24) is 0 Å². The van der Waals surface area contributed by atoms with Gasteiger partial charge < -0.3 is 7.43 Å². The Labute approximate surface area is 191 Å². The van der Waals surface area contributed by atoms with E-state index in [9.17, 15) is 13.2 Å². The molecule has 2 atom stereocenters. The predicted octanol–water partition coefficient (Wildman–Crippen LogP) is 7.64. The Bertz CT molecular complexity index is 553. The third-order valence-electron chi connectivity index (χ3n) is 4.64. The van der Waals surface area contributed by atoms with Crippen molar-refractivity contribution in [3.05, 3.63) is 53.0 Å². The maximum absolute atomic E-state index is 10.8. The Morgan fingerprint density at radius 1 is 0.778 bits per heavy atom. The predicted molar refractivity (Wildman–Crippen MR) is 113 cm³/mol. The van der Waals surface area contributed by atoms with Crippen molar-refractivity contribution in [2.45, 2.75) is 61.6 Å². The Balaban J connectivity index is -0.000000142. The van der Waals surface area contributed by atoms with Gasteiger partial charge in [-0.1, -0.05) is 53.4 Å². The Hall–Kier alpha value is 0.0831. The standard InChI is InChI=1S/2C9H13.C2HF3.CH3.2ClH.Zr/c2*1-6-5-7(2)9(4)8(6)3;1-2(3,4)5;;;;/h2*6H,1-4H3;1H;1H3;2*1H;/q2*-1;;-1;;;. The molecule has 2 aliphatic carbocycles. The van der Waals surface area contributed by atoms with Gasteiger partial charge in [0.25, 0.3) is 0 Å². The van der Waals surface area contributed by atoms with Crippen LogP contribution in [-0.4, -0.2) is 9.89 Å². The fourth-order valence-corrected chi connectivity index (χ4v) is 2.32. The van der Waals surface area contributed by atoms with Crippen molar-refractivity contribution in [2.24, 2.45) is 11.8 Å². The number of hydrogen-bond donors (Lipinski definition) is 0. The van der Waals surface area contributed by atoms with Crippen molar-refractivity contribution in [3.8, 4) is 0 Å².